The minimum atomic E-state index is 0.469. The normalized spacial score (nSPS) is 19.4. The molecule has 1 N–H and O–H groups in total. The Kier molecular flexibility index (Phi) is 5.95. The van der Waals surface area contributed by atoms with Crippen molar-refractivity contribution in [3.63, 3.8) is 0 Å². The van der Waals surface area contributed by atoms with Gasteiger partial charge in [-0.2, -0.15) is 0 Å². The highest BCUT2D eigenvalue weighted by Crippen LogP contribution is 2.17. The van der Waals surface area contributed by atoms with Crippen LogP contribution < -0.4 is 15.8 Å². The lowest BCUT2D eigenvalue weighted by Crippen LogP contribution is -2.32. The highest BCUT2D eigenvalue weighted by atomic mass is 35.5. The van der Waals surface area contributed by atoms with Crippen molar-refractivity contribution >= 4 is 29.4 Å². The topological polar surface area (TPSA) is 15.3 Å². The minimum absolute atomic E-state index is 0.469. The Balaban J connectivity index is 1.69. The third-order valence-corrected chi connectivity index (χ3v) is 4.94. The lowest BCUT2D eigenvalue weighted by atomic mass is 10.1. The van der Waals surface area contributed by atoms with Gasteiger partial charge in [0.25, 0.3) is 0 Å². The fraction of sp³-hybridized carbons (Fsp3) is 0.273. The lowest BCUT2D eigenvalue weighted by Gasteiger charge is -2.18. The van der Waals surface area contributed by atoms with Crippen molar-refractivity contribution in [3.8, 4) is 0 Å². The van der Waals surface area contributed by atoms with Gasteiger partial charge in [0.1, 0.15) is 0 Å². The largest absolute Gasteiger partial charge is 0.380 e. The summed E-state index contributed by atoms with van der Waals surface area (Å²) in [6.45, 7) is 9.07. The van der Waals surface area contributed by atoms with Crippen LogP contribution in [0.15, 0.2) is 55.1 Å². The molecule has 1 heterocycles. The molecular weight excluding hydrogens is 328 g/mol. The zero-order chi connectivity index (χ0) is 17.6. The third-order valence-electron chi connectivity index (χ3n) is 4.69. The summed E-state index contributed by atoms with van der Waals surface area (Å²) >= 11 is 5.97. The average Bonchev–Trinajstić information content (AvgIpc) is 3.05. The Labute approximate surface area is 155 Å². The number of halogens is 1. The fourth-order valence-electron chi connectivity index (χ4n) is 3.43. The van der Waals surface area contributed by atoms with Crippen molar-refractivity contribution in [1.82, 2.24) is 4.90 Å². The molecule has 130 valence electrons. The molecule has 1 aliphatic heterocycles. The van der Waals surface area contributed by atoms with Crippen molar-refractivity contribution in [3.05, 3.63) is 76.1 Å². The maximum atomic E-state index is 5.97. The summed E-state index contributed by atoms with van der Waals surface area (Å²) in [6, 6.07) is 15.0. The van der Waals surface area contributed by atoms with Crippen LogP contribution in [0.5, 0.6) is 0 Å². The first kappa shape index (κ1) is 17.8. The molecule has 0 spiro atoms. The van der Waals surface area contributed by atoms with Crippen LogP contribution in [0.25, 0.3) is 12.2 Å². The van der Waals surface area contributed by atoms with Gasteiger partial charge >= 0.3 is 0 Å². The molecule has 1 aliphatic rings. The van der Waals surface area contributed by atoms with E-state index in [1.54, 1.807) is 0 Å². The summed E-state index contributed by atoms with van der Waals surface area (Å²) in [4.78, 5) is 2.49. The van der Waals surface area contributed by atoms with Gasteiger partial charge in [0.2, 0.25) is 0 Å². The fourth-order valence-corrected chi connectivity index (χ4v) is 3.55. The maximum absolute atomic E-state index is 5.97. The van der Waals surface area contributed by atoms with Gasteiger partial charge < -0.3 is 5.32 Å². The first-order chi connectivity index (χ1) is 12.2. The van der Waals surface area contributed by atoms with Crippen LogP contribution in [0, 0.1) is 0 Å². The molecule has 2 nitrogen and oxygen atoms in total. The molecule has 3 heteroatoms. The molecule has 0 aromatic heterocycles. The molecule has 0 aliphatic carbocycles. The summed E-state index contributed by atoms with van der Waals surface area (Å²) in [6.07, 6.45) is 7.23. The number of benzene rings is 2. The van der Waals surface area contributed by atoms with Crippen LogP contribution >= 0.6 is 11.6 Å². The molecule has 0 radical (unpaired) electrons. The van der Waals surface area contributed by atoms with E-state index in [-0.39, 0.29) is 0 Å². The van der Waals surface area contributed by atoms with E-state index in [1.165, 1.54) is 21.7 Å². The summed E-state index contributed by atoms with van der Waals surface area (Å²) in [5.41, 5.74) is 2.50. The Morgan fingerprint density at radius 1 is 1.24 bits per heavy atom. The van der Waals surface area contributed by atoms with Gasteiger partial charge in [0.05, 0.1) is 0 Å². The Hall–Kier alpha value is -2.03. The van der Waals surface area contributed by atoms with Crippen LogP contribution in [-0.4, -0.2) is 24.0 Å². The van der Waals surface area contributed by atoms with E-state index in [4.69, 9.17) is 11.6 Å². The van der Waals surface area contributed by atoms with Gasteiger partial charge in [-0.15, -0.1) is 0 Å². The summed E-state index contributed by atoms with van der Waals surface area (Å²) in [7, 11) is 0. The molecule has 0 bridgehead atoms. The van der Waals surface area contributed by atoms with E-state index in [1.807, 2.05) is 18.2 Å². The summed E-state index contributed by atoms with van der Waals surface area (Å²) in [5, 5.41) is 6.98. The average molecular weight is 353 g/mol. The second-order valence-corrected chi connectivity index (χ2v) is 6.93. The summed E-state index contributed by atoms with van der Waals surface area (Å²) < 4.78 is 0. The molecule has 1 atom stereocenters. The summed E-state index contributed by atoms with van der Waals surface area (Å²) in [5.74, 6) is 0. The quantitative estimate of drug-likeness (QED) is 0.880. The van der Waals surface area contributed by atoms with E-state index in [9.17, 15) is 0 Å². The first-order valence-corrected chi connectivity index (χ1v) is 9.19. The standard InChI is InChI=1S/C22H25ClN2/c1-3-6-21-18(4-2)7-5-8-22(21)24-20-13-14-25(16-20)15-17-9-11-19(23)12-10-17/h3-12,20,24H,1,13-16H2,2H3/b18-4-,21-6+. The predicted octanol–water partition coefficient (Wildman–Crippen LogP) is 3.79. The molecule has 0 amide bonds. The number of rotatable bonds is 5. The third kappa shape index (κ3) is 4.53. The zero-order valence-corrected chi connectivity index (χ0v) is 15.5. The van der Waals surface area contributed by atoms with E-state index in [2.05, 4.69) is 66.2 Å². The number of hydrogen-bond donors (Lipinski definition) is 1. The van der Waals surface area contributed by atoms with Gasteiger partial charge in [-0.1, -0.05) is 60.7 Å². The highest BCUT2D eigenvalue weighted by molar-refractivity contribution is 6.30. The molecule has 1 fully saturated rings. The number of hydrogen-bond acceptors (Lipinski definition) is 2. The van der Waals surface area contributed by atoms with Crippen LogP contribution in [0.2, 0.25) is 5.02 Å². The van der Waals surface area contributed by atoms with E-state index >= 15 is 0 Å². The van der Waals surface area contributed by atoms with Crippen molar-refractivity contribution in [2.45, 2.75) is 25.9 Å². The smallest absolute Gasteiger partial charge is 0.0422 e. The highest BCUT2D eigenvalue weighted by Gasteiger charge is 2.22. The Bertz CT molecular complexity index is 839. The van der Waals surface area contributed by atoms with Gasteiger partial charge in [-0.3, -0.25) is 4.90 Å². The first-order valence-electron chi connectivity index (χ1n) is 8.81. The van der Waals surface area contributed by atoms with Crippen LogP contribution in [0.1, 0.15) is 18.9 Å². The number of nitrogens with one attached hydrogen (secondary N) is 1. The lowest BCUT2D eigenvalue weighted by molar-refractivity contribution is 0.328. The van der Waals surface area contributed by atoms with E-state index < -0.39 is 0 Å². The van der Waals surface area contributed by atoms with Crippen LogP contribution in [0.3, 0.4) is 0 Å². The van der Waals surface area contributed by atoms with Gasteiger partial charge in [0, 0.05) is 41.6 Å². The van der Waals surface area contributed by atoms with E-state index in [0.717, 1.165) is 31.1 Å². The number of anilines is 1. The molecule has 2 aromatic carbocycles. The molecule has 1 unspecified atom stereocenters. The maximum Gasteiger partial charge on any atom is 0.0422 e. The van der Waals surface area contributed by atoms with Crippen molar-refractivity contribution < 1.29 is 0 Å². The molecular formula is C22H25ClN2. The molecule has 2 aromatic rings. The van der Waals surface area contributed by atoms with Crippen molar-refractivity contribution in [2.24, 2.45) is 0 Å². The molecule has 25 heavy (non-hydrogen) atoms. The van der Waals surface area contributed by atoms with Crippen LogP contribution in [-0.2, 0) is 6.54 Å². The monoisotopic (exact) mass is 352 g/mol. The number of allylic oxidation sites excluding steroid dienone is 1. The molecule has 3 rings (SSSR count). The minimum Gasteiger partial charge on any atom is -0.380 e. The zero-order valence-electron chi connectivity index (χ0n) is 14.7. The van der Waals surface area contributed by atoms with Crippen molar-refractivity contribution in [1.29, 1.82) is 0 Å². The second kappa shape index (κ2) is 8.37. The predicted molar refractivity (Wildman–Crippen MR) is 109 cm³/mol. The van der Waals surface area contributed by atoms with Crippen LogP contribution in [0.4, 0.5) is 5.69 Å². The number of likely N-dealkylation sites (tertiary alicyclic amines) is 1. The molecule has 1 saturated heterocycles. The van der Waals surface area contributed by atoms with Gasteiger partial charge in [-0.05, 0) is 42.3 Å². The van der Waals surface area contributed by atoms with Gasteiger partial charge in [0.15, 0.2) is 0 Å². The van der Waals surface area contributed by atoms with Gasteiger partial charge in [-0.25, -0.2) is 0 Å². The van der Waals surface area contributed by atoms with Crippen molar-refractivity contribution in [2.75, 3.05) is 18.4 Å². The second-order valence-electron chi connectivity index (χ2n) is 6.49. The Morgan fingerprint density at radius 2 is 2.04 bits per heavy atom. The molecule has 0 saturated carbocycles. The number of nitrogens with zero attached hydrogens (tertiary/aromatic N) is 1. The Morgan fingerprint density at radius 3 is 2.76 bits per heavy atom. The SMILES string of the molecule is C=C/C=c1/c(NC2CCN(Cc3ccc(Cl)cc3)C2)ccc/c1=C/C. The van der Waals surface area contributed by atoms with E-state index in [0.29, 0.717) is 6.04 Å².